The molecule has 1 aromatic carbocycles. The molecule has 2 rings (SSSR count). The first kappa shape index (κ1) is 8.10. The van der Waals surface area contributed by atoms with Gasteiger partial charge in [0.1, 0.15) is 6.61 Å². The Labute approximate surface area is 77.4 Å². The standard InChI is InChI=1S/C10H12N2O/c1-8-4-2-3-5-9(8)12-10-11-6-7-13-10/h2-5H,6-7H2,1H3,(H,11,12). The van der Waals surface area contributed by atoms with Gasteiger partial charge < -0.3 is 10.1 Å². The zero-order valence-electron chi connectivity index (χ0n) is 7.58. The number of nitrogens with zero attached hydrogens (tertiary/aromatic N) is 1. The summed E-state index contributed by atoms with van der Waals surface area (Å²) in [6, 6.07) is 8.70. The van der Waals surface area contributed by atoms with Crippen molar-refractivity contribution in [3.8, 4) is 0 Å². The van der Waals surface area contributed by atoms with E-state index in [9.17, 15) is 0 Å². The van der Waals surface area contributed by atoms with Gasteiger partial charge >= 0.3 is 0 Å². The Bertz CT molecular complexity index is 333. The number of nitrogens with one attached hydrogen (secondary N) is 1. The lowest BCUT2D eigenvalue weighted by molar-refractivity contribution is 0.346. The molecular weight excluding hydrogens is 164 g/mol. The van der Waals surface area contributed by atoms with Gasteiger partial charge in [-0.05, 0) is 18.6 Å². The molecule has 0 amide bonds. The highest BCUT2D eigenvalue weighted by atomic mass is 16.5. The molecular formula is C10H12N2O. The van der Waals surface area contributed by atoms with Gasteiger partial charge in [-0.2, -0.15) is 0 Å². The van der Waals surface area contributed by atoms with Gasteiger partial charge in [0.15, 0.2) is 0 Å². The molecule has 0 bridgehead atoms. The average molecular weight is 176 g/mol. The minimum Gasteiger partial charge on any atom is -0.463 e. The van der Waals surface area contributed by atoms with Crippen molar-refractivity contribution in [2.45, 2.75) is 6.92 Å². The van der Waals surface area contributed by atoms with Crippen LogP contribution in [0.2, 0.25) is 0 Å². The Morgan fingerprint density at radius 3 is 2.92 bits per heavy atom. The summed E-state index contributed by atoms with van der Waals surface area (Å²) in [5.74, 6) is 0. The fraction of sp³-hybridized carbons (Fsp3) is 0.300. The van der Waals surface area contributed by atoms with Crippen molar-refractivity contribution in [3.63, 3.8) is 0 Å². The molecule has 1 heterocycles. The number of hydrogen-bond donors (Lipinski definition) is 1. The van der Waals surface area contributed by atoms with E-state index >= 15 is 0 Å². The predicted molar refractivity (Wildman–Crippen MR) is 53.1 cm³/mol. The van der Waals surface area contributed by atoms with Gasteiger partial charge in [0.25, 0.3) is 6.02 Å². The van der Waals surface area contributed by atoms with Crippen LogP contribution in [-0.2, 0) is 4.74 Å². The first-order chi connectivity index (χ1) is 6.36. The lowest BCUT2D eigenvalue weighted by Crippen LogP contribution is -2.12. The van der Waals surface area contributed by atoms with E-state index in [1.54, 1.807) is 0 Å². The van der Waals surface area contributed by atoms with Gasteiger partial charge in [-0.15, -0.1) is 0 Å². The number of benzene rings is 1. The maximum absolute atomic E-state index is 5.25. The maximum atomic E-state index is 5.25. The van der Waals surface area contributed by atoms with E-state index in [1.165, 1.54) is 5.56 Å². The number of para-hydroxylation sites is 1. The van der Waals surface area contributed by atoms with E-state index in [0.29, 0.717) is 12.6 Å². The van der Waals surface area contributed by atoms with Crippen molar-refractivity contribution < 1.29 is 4.74 Å². The minimum atomic E-state index is 0.634. The first-order valence-corrected chi connectivity index (χ1v) is 4.36. The molecule has 0 atom stereocenters. The van der Waals surface area contributed by atoms with Crippen LogP contribution in [0.15, 0.2) is 29.3 Å². The lowest BCUT2D eigenvalue weighted by atomic mass is 10.2. The molecule has 0 saturated heterocycles. The van der Waals surface area contributed by atoms with E-state index < -0.39 is 0 Å². The summed E-state index contributed by atoms with van der Waals surface area (Å²) in [7, 11) is 0. The molecule has 1 aromatic rings. The van der Waals surface area contributed by atoms with Gasteiger partial charge in [-0.3, -0.25) is 0 Å². The molecule has 0 fully saturated rings. The number of hydrogen-bond acceptors (Lipinski definition) is 3. The normalized spacial score (nSPS) is 15.0. The van der Waals surface area contributed by atoms with Crippen LogP contribution in [0.4, 0.5) is 5.69 Å². The summed E-state index contributed by atoms with van der Waals surface area (Å²) in [6.07, 6.45) is 0. The van der Waals surface area contributed by atoms with E-state index in [2.05, 4.69) is 23.3 Å². The number of ether oxygens (including phenoxy) is 1. The molecule has 0 aliphatic carbocycles. The Morgan fingerprint density at radius 2 is 2.23 bits per heavy atom. The van der Waals surface area contributed by atoms with Crippen LogP contribution in [0.3, 0.4) is 0 Å². The molecule has 0 saturated carbocycles. The van der Waals surface area contributed by atoms with Gasteiger partial charge in [0, 0.05) is 5.69 Å². The zero-order chi connectivity index (χ0) is 9.10. The quantitative estimate of drug-likeness (QED) is 0.707. The topological polar surface area (TPSA) is 33.6 Å². The van der Waals surface area contributed by atoms with Gasteiger partial charge in [-0.25, -0.2) is 4.99 Å². The molecule has 1 aliphatic heterocycles. The fourth-order valence-corrected chi connectivity index (χ4v) is 1.24. The van der Waals surface area contributed by atoms with E-state index in [4.69, 9.17) is 4.74 Å². The molecule has 13 heavy (non-hydrogen) atoms. The lowest BCUT2D eigenvalue weighted by Gasteiger charge is -2.07. The summed E-state index contributed by atoms with van der Waals surface area (Å²) in [6.45, 7) is 3.50. The van der Waals surface area contributed by atoms with Crippen LogP contribution in [-0.4, -0.2) is 19.2 Å². The van der Waals surface area contributed by atoms with Crippen LogP contribution in [0.25, 0.3) is 0 Å². The van der Waals surface area contributed by atoms with Gasteiger partial charge in [0.05, 0.1) is 6.54 Å². The Hall–Kier alpha value is -1.51. The molecule has 3 heteroatoms. The minimum absolute atomic E-state index is 0.634. The van der Waals surface area contributed by atoms with E-state index in [0.717, 1.165) is 12.2 Å². The zero-order valence-corrected chi connectivity index (χ0v) is 7.58. The van der Waals surface area contributed by atoms with Crippen LogP contribution in [0.1, 0.15) is 5.56 Å². The van der Waals surface area contributed by atoms with Crippen molar-refractivity contribution in [1.82, 2.24) is 0 Å². The molecule has 0 unspecified atom stereocenters. The summed E-state index contributed by atoms with van der Waals surface area (Å²) in [4.78, 5) is 4.16. The second-order valence-electron chi connectivity index (χ2n) is 2.98. The summed E-state index contributed by atoms with van der Waals surface area (Å²) in [5.41, 5.74) is 2.25. The van der Waals surface area contributed by atoms with E-state index in [1.807, 2.05) is 18.2 Å². The van der Waals surface area contributed by atoms with Gasteiger partial charge in [-0.1, -0.05) is 18.2 Å². The average Bonchev–Trinajstić information content (AvgIpc) is 2.61. The predicted octanol–water partition coefficient (Wildman–Crippen LogP) is 1.79. The molecule has 1 N–H and O–H groups in total. The van der Waals surface area contributed by atoms with Crippen molar-refractivity contribution in [1.29, 1.82) is 0 Å². The number of anilines is 1. The smallest absolute Gasteiger partial charge is 0.289 e. The highest BCUT2D eigenvalue weighted by Crippen LogP contribution is 2.13. The Morgan fingerprint density at radius 1 is 1.38 bits per heavy atom. The van der Waals surface area contributed by atoms with E-state index in [-0.39, 0.29) is 0 Å². The van der Waals surface area contributed by atoms with Crippen molar-refractivity contribution in [3.05, 3.63) is 29.8 Å². The third kappa shape index (κ3) is 1.80. The van der Waals surface area contributed by atoms with Crippen LogP contribution < -0.4 is 5.32 Å². The first-order valence-electron chi connectivity index (χ1n) is 4.36. The Balaban J connectivity index is 2.13. The number of aliphatic imine (C=N–C) groups is 1. The molecule has 0 aromatic heterocycles. The third-order valence-corrected chi connectivity index (χ3v) is 1.97. The highest BCUT2D eigenvalue weighted by Gasteiger charge is 2.07. The van der Waals surface area contributed by atoms with Crippen LogP contribution in [0, 0.1) is 6.92 Å². The maximum Gasteiger partial charge on any atom is 0.289 e. The third-order valence-electron chi connectivity index (χ3n) is 1.97. The number of rotatable bonds is 1. The van der Waals surface area contributed by atoms with Crippen molar-refractivity contribution in [2.75, 3.05) is 18.5 Å². The monoisotopic (exact) mass is 176 g/mol. The number of amidine groups is 1. The second-order valence-corrected chi connectivity index (χ2v) is 2.98. The highest BCUT2D eigenvalue weighted by molar-refractivity contribution is 5.90. The Kier molecular flexibility index (Phi) is 2.17. The molecule has 0 radical (unpaired) electrons. The summed E-state index contributed by atoms with van der Waals surface area (Å²) >= 11 is 0. The summed E-state index contributed by atoms with van der Waals surface area (Å²) in [5, 5.41) is 3.14. The molecule has 1 aliphatic rings. The number of aryl methyl sites for hydroxylation is 1. The second kappa shape index (κ2) is 3.47. The molecule has 3 nitrogen and oxygen atoms in total. The van der Waals surface area contributed by atoms with Crippen LogP contribution in [0.5, 0.6) is 0 Å². The summed E-state index contributed by atoms with van der Waals surface area (Å²) < 4.78 is 5.25. The van der Waals surface area contributed by atoms with Crippen LogP contribution >= 0.6 is 0 Å². The molecule has 0 spiro atoms. The van der Waals surface area contributed by atoms with Crippen molar-refractivity contribution >= 4 is 11.7 Å². The van der Waals surface area contributed by atoms with Gasteiger partial charge in [0.2, 0.25) is 0 Å². The molecule has 68 valence electrons. The fourth-order valence-electron chi connectivity index (χ4n) is 1.24. The SMILES string of the molecule is Cc1ccccc1NC1=NCCO1. The van der Waals surface area contributed by atoms with Crippen molar-refractivity contribution in [2.24, 2.45) is 4.99 Å². The largest absolute Gasteiger partial charge is 0.463 e.